The number of aromatic hydroxyl groups is 1. The maximum absolute atomic E-state index is 12.2. The van der Waals surface area contributed by atoms with Crippen LogP contribution in [0.3, 0.4) is 0 Å². The summed E-state index contributed by atoms with van der Waals surface area (Å²) < 4.78 is 1.82. The number of hydrogen-bond acceptors (Lipinski definition) is 4. The van der Waals surface area contributed by atoms with Crippen LogP contribution in [0.15, 0.2) is 61.5 Å². The first-order valence-corrected chi connectivity index (χ1v) is 9.32. The Balaban J connectivity index is 1.96. The van der Waals surface area contributed by atoms with Crippen LogP contribution in [-0.4, -0.2) is 26.9 Å². The molecule has 29 heavy (non-hydrogen) atoms. The SMILES string of the molecule is Cc1cc(Br)ccc1NC(=O)N=Cc1c(O)n(-c2ccccc2C)c(=O)[nH]c1=O. The number of urea groups is 1. The summed E-state index contributed by atoms with van der Waals surface area (Å²) in [6.45, 7) is 3.58. The van der Waals surface area contributed by atoms with Crippen LogP contribution in [0.4, 0.5) is 10.5 Å². The van der Waals surface area contributed by atoms with E-state index in [-0.39, 0.29) is 5.56 Å². The number of H-pyrrole nitrogens is 1. The fourth-order valence-corrected chi connectivity index (χ4v) is 3.21. The number of aromatic nitrogens is 2. The molecular weight excluding hydrogens is 440 g/mol. The molecule has 0 bridgehead atoms. The number of nitrogens with one attached hydrogen (secondary N) is 2. The first-order chi connectivity index (χ1) is 13.8. The molecule has 0 aliphatic rings. The number of aryl methyl sites for hydroxylation is 2. The summed E-state index contributed by atoms with van der Waals surface area (Å²) >= 11 is 3.34. The van der Waals surface area contributed by atoms with E-state index in [9.17, 15) is 19.5 Å². The van der Waals surface area contributed by atoms with Crippen molar-refractivity contribution < 1.29 is 9.90 Å². The van der Waals surface area contributed by atoms with Gasteiger partial charge in [-0.25, -0.2) is 19.1 Å². The van der Waals surface area contributed by atoms with Crippen molar-refractivity contribution in [1.29, 1.82) is 0 Å². The minimum Gasteiger partial charge on any atom is -0.493 e. The molecule has 1 aromatic heterocycles. The van der Waals surface area contributed by atoms with Crippen LogP contribution < -0.4 is 16.6 Å². The summed E-state index contributed by atoms with van der Waals surface area (Å²) in [7, 11) is 0. The van der Waals surface area contributed by atoms with E-state index >= 15 is 0 Å². The highest BCUT2D eigenvalue weighted by Gasteiger charge is 2.15. The second kappa shape index (κ2) is 8.27. The van der Waals surface area contributed by atoms with Crippen LogP contribution in [0.2, 0.25) is 0 Å². The Morgan fingerprint density at radius 2 is 1.90 bits per heavy atom. The predicted octanol–water partition coefficient (Wildman–Crippen LogP) is 3.26. The summed E-state index contributed by atoms with van der Waals surface area (Å²) in [6.07, 6.45) is 0.923. The predicted molar refractivity (Wildman–Crippen MR) is 115 cm³/mol. The largest absolute Gasteiger partial charge is 0.493 e. The van der Waals surface area contributed by atoms with Gasteiger partial charge in [-0.3, -0.25) is 9.78 Å². The first kappa shape index (κ1) is 20.3. The van der Waals surface area contributed by atoms with E-state index in [0.717, 1.165) is 20.8 Å². The fraction of sp³-hybridized carbons (Fsp3) is 0.100. The molecule has 0 saturated carbocycles. The number of nitrogens with zero attached hydrogens (tertiary/aromatic N) is 2. The molecule has 0 aliphatic heterocycles. The molecule has 0 unspecified atom stereocenters. The van der Waals surface area contributed by atoms with Gasteiger partial charge in [0.25, 0.3) is 5.56 Å². The maximum atomic E-state index is 12.2. The van der Waals surface area contributed by atoms with E-state index in [1.54, 1.807) is 43.3 Å². The smallest absolute Gasteiger partial charge is 0.345 e. The summed E-state index contributed by atoms with van der Waals surface area (Å²) in [4.78, 5) is 42.3. The van der Waals surface area contributed by atoms with Crippen molar-refractivity contribution in [2.24, 2.45) is 4.99 Å². The van der Waals surface area contributed by atoms with Gasteiger partial charge in [0, 0.05) is 10.2 Å². The Morgan fingerprint density at radius 3 is 2.59 bits per heavy atom. The molecule has 1 heterocycles. The Morgan fingerprint density at radius 1 is 1.17 bits per heavy atom. The Hall–Kier alpha value is -3.46. The summed E-state index contributed by atoms with van der Waals surface area (Å²) in [5, 5.41) is 13.1. The molecule has 0 fully saturated rings. The number of anilines is 1. The quantitative estimate of drug-likeness (QED) is 0.524. The molecule has 2 amide bonds. The van der Waals surface area contributed by atoms with Gasteiger partial charge < -0.3 is 10.4 Å². The highest BCUT2D eigenvalue weighted by atomic mass is 79.9. The monoisotopic (exact) mass is 456 g/mol. The lowest BCUT2D eigenvalue weighted by Crippen LogP contribution is -2.31. The van der Waals surface area contributed by atoms with Crippen LogP contribution in [0, 0.1) is 13.8 Å². The van der Waals surface area contributed by atoms with E-state index < -0.39 is 23.2 Å². The number of aromatic amines is 1. The summed E-state index contributed by atoms with van der Waals surface area (Å²) in [6, 6.07) is 11.4. The van der Waals surface area contributed by atoms with Crippen molar-refractivity contribution >= 4 is 33.9 Å². The highest BCUT2D eigenvalue weighted by molar-refractivity contribution is 9.10. The van der Waals surface area contributed by atoms with Crippen LogP contribution in [0.5, 0.6) is 5.88 Å². The van der Waals surface area contributed by atoms with Crippen molar-refractivity contribution in [3.05, 3.63) is 84.5 Å². The molecule has 3 aromatic rings. The second-order valence-electron chi connectivity index (χ2n) is 6.27. The van der Waals surface area contributed by atoms with Gasteiger partial charge in [-0.2, -0.15) is 0 Å². The number of halogens is 1. The van der Waals surface area contributed by atoms with Crippen LogP contribution in [0.25, 0.3) is 5.69 Å². The van der Waals surface area contributed by atoms with Crippen molar-refractivity contribution in [2.75, 3.05) is 5.32 Å². The van der Waals surface area contributed by atoms with Crippen molar-refractivity contribution in [3.63, 3.8) is 0 Å². The lowest BCUT2D eigenvalue weighted by Gasteiger charge is -2.11. The zero-order chi connectivity index (χ0) is 21.1. The van der Waals surface area contributed by atoms with Crippen molar-refractivity contribution in [1.82, 2.24) is 9.55 Å². The third-order valence-electron chi connectivity index (χ3n) is 4.22. The van der Waals surface area contributed by atoms with Crippen LogP contribution in [0.1, 0.15) is 16.7 Å². The Labute approximate surface area is 173 Å². The van der Waals surface area contributed by atoms with E-state index in [1.165, 1.54) is 0 Å². The zero-order valence-electron chi connectivity index (χ0n) is 15.6. The molecule has 148 valence electrons. The van der Waals surface area contributed by atoms with Crippen molar-refractivity contribution in [3.8, 4) is 11.6 Å². The lowest BCUT2D eigenvalue weighted by atomic mass is 10.2. The molecule has 3 N–H and O–H groups in total. The normalized spacial score (nSPS) is 11.0. The van der Waals surface area contributed by atoms with E-state index in [1.807, 2.05) is 13.0 Å². The molecule has 0 aliphatic carbocycles. The van der Waals surface area contributed by atoms with Gasteiger partial charge in [-0.05, 0) is 49.2 Å². The third kappa shape index (κ3) is 4.35. The number of hydrogen-bond donors (Lipinski definition) is 3. The number of carbonyl (C=O) groups is 1. The highest BCUT2D eigenvalue weighted by Crippen LogP contribution is 2.21. The first-order valence-electron chi connectivity index (χ1n) is 8.53. The molecule has 0 atom stereocenters. The number of rotatable bonds is 3. The van der Waals surface area contributed by atoms with Crippen LogP contribution >= 0.6 is 15.9 Å². The molecule has 2 aromatic carbocycles. The minimum absolute atomic E-state index is 0.310. The topological polar surface area (TPSA) is 117 Å². The van der Waals surface area contributed by atoms with E-state index in [2.05, 4.69) is 31.2 Å². The molecule has 0 radical (unpaired) electrons. The third-order valence-corrected chi connectivity index (χ3v) is 4.71. The Kier molecular flexibility index (Phi) is 5.79. The molecule has 0 saturated heterocycles. The van der Waals surface area contributed by atoms with Gasteiger partial charge in [-0.1, -0.05) is 34.1 Å². The van der Waals surface area contributed by atoms with E-state index in [4.69, 9.17) is 0 Å². The minimum atomic E-state index is -0.853. The number of aliphatic imine (C=N–C) groups is 1. The van der Waals surface area contributed by atoms with Crippen LogP contribution in [-0.2, 0) is 0 Å². The number of amides is 2. The van der Waals surface area contributed by atoms with Gasteiger partial charge >= 0.3 is 11.7 Å². The maximum Gasteiger partial charge on any atom is 0.345 e. The molecule has 0 spiro atoms. The number of benzene rings is 2. The number of para-hydroxylation sites is 1. The van der Waals surface area contributed by atoms with Crippen molar-refractivity contribution in [2.45, 2.75) is 13.8 Å². The average molecular weight is 457 g/mol. The molecule has 3 rings (SSSR count). The number of carbonyl (C=O) groups excluding carboxylic acids is 1. The van der Waals surface area contributed by atoms with Gasteiger partial charge in [0.15, 0.2) is 0 Å². The molecule has 8 nitrogen and oxygen atoms in total. The van der Waals surface area contributed by atoms with Gasteiger partial charge in [-0.15, -0.1) is 0 Å². The average Bonchev–Trinajstić information content (AvgIpc) is 2.65. The van der Waals surface area contributed by atoms with Gasteiger partial charge in [0.05, 0.1) is 11.9 Å². The standard InChI is InChI=1S/C20H17BrN4O4/c1-11-5-3-4-6-16(11)25-18(27)14(17(26)24-20(25)29)10-22-19(28)23-15-8-7-13(21)9-12(15)2/h3-10,27H,1-2H3,(H,23,28)(H,24,26,29). The Bertz CT molecular complexity index is 1240. The molecular formula is C20H17BrN4O4. The van der Waals surface area contributed by atoms with Gasteiger partial charge in [0.1, 0.15) is 5.56 Å². The lowest BCUT2D eigenvalue weighted by molar-refractivity contribution is 0.259. The zero-order valence-corrected chi connectivity index (χ0v) is 17.1. The summed E-state index contributed by atoms with van der Waals surface area (Å²) in [5.41, 5.74) is 0.521. The summed E-state index contributed by atoms with van der Waals surface area (Å²) in [5.74, 6) is -0.607. The van der Waals surface area contributed by atoms with Gasteiger partial charge in [0.2, 0.25) is 5.88 Å². The molecule has 9 heteroatoms. The van der Waals surface area contributed by atoms with E-state index in [0.29, 0.717) is 16.9 Å². The second-order valence-corrected chi connectivity index (χ2v) is 7.18. The fourth-order valence-electron chi connectivity index (χ4n) is 2.73.